The van der Waals surface area contributed by atoms with Gasteiger partial charge in [-0.3, -0.25) is 0 Å². The minimum Gasteiger partial charge on any atom is -0.406 e. The number of alkyl halides is 3. The molecule has 3 aromatic carbocycles. The molecule has 1 heterocycles. The lowest BCUT2D eigenvalue weighted by molar-refractivity contribution is -0.274. The molecule has 3 aromatic rings. The molecule has 1 saturated heterocycles. The molecule has 11 heteroatoms. The second-order valence-corrected chi connectivity index (χ2v) is 10.8. The van der Waals surface area contributed by atoms with E-state index in [1.165, 1.54) is 41.9 Å². The molecule has 7 nitrogen and oxygen atoms in total. The average Bonchev–Trinajstić information content (AvgIpc) is 2.94. The number of aliphatic imine (C=N–C) groups is 2. The molecular weight excluding hydrogens is 549 g/mol. The molecule has 214 valence electrons. The van der Waals surface area contributed by atoms with Crippen molar-refractivity contribution >= 4 is 46.7 Å². The number of rotatable bonds is 8. The summed E-state index contributed by atoms with van der Waals surface area (Å²) in [5.41, 5.74) is 10.5. The smallest absolute Gasteiger partial charge is 0.406 e. The van der Waals surface area contributed by atoms with Crippen LogP contribution in [-0.2, 0) is 0 Å². The first-order chi connectivity index (χ1) is 19.6. The topological polar surface area (TPSA) is 87.9 Å². The number of anilines is 1. The number of benzene rings is 3. The Morgan fingerprint density at radius 2 is 1.76 bits per heavy atom. The van der Waals surface area contributed by atoms with Gasteiger partial charge in [0.1, 0.15) is 17.9 Å². The molecule has 0 bridgehead atoms. The lowest BCUT2D eigenvalue weighted by Gasteiger charge is -2.34. The van der Waals surface area contributed by atoms with E-state index in [0.29, 0.717) is 23.1 Å². The van der Waals surface area contributed by atoms with Gasteiger partial charge in [0.25, 0.3) is 0 Å². The van der Waals surface area contributed by atoms with Gasteiger partial charge >= 0.3 is 6.36 Å². The summed E-state index contributed by atoms with van der Waals surface area (Å²) in [5, 5.41) is 9.81. The number of amidine groups is 2. The van der Waals surface area contributed by atoms with Gasteiger partial charge < -0.3 is 15.4 Å². The molecule has 41 heavy (non-hydrogen) atoms. The monoisotopic (exact) mass is 580 g/mol. The number of hydrogen-bond donors (Lipinski definition) is 1. The van der Waals surface area contributed by atoms with E-state index in [1.54, 1.807) is 18.0 Å². The first-order valence-corrected chi connectivity index (χ1v) is 14.0. The van der Waals surface area contributed by atoms with Crippen LogP contribution in [0.1, 0.15) is 43.4 Å². The van der Waals surface area contributed by atoms with Gasteiger partial charge in [0, 0.05) is 23.5 Å². The fraction of sp³-hybridized carbons (Fsp3) is 0.267. The van der Waals surface area contributed by atoms with Crippen LogP contribution in [0.15, 0.2) is 93.0 Å². The normalized spacial score (nSPS) is 17.7. The highest BCUT2D eigenvalue weighted by Gasteiger charge is 2.31. The van der Waals surface area contributed by atoms with E-state index in [-0.39, 0.29) is 11.6 Å². The molecule has 1 aliphatic heterocycles. The lowest BCUT2D eigenvalue weighted by atomic mass is 10.00. The summed E-state index contributed by atoms with van der Waals surface area (Å²) in [6.45, 7) is 7.52. The van der Waals surface area contributed by atoms with Crippen molar-refractivity contribution in [2.45, 2.75) is 33.1 Å². The third-order valence-electron chi connectivity index (χ3n) is 6.10. The zero-order valence-corrected chi connectivity index (χ0v) is 23.7. The van der Waals surface area contributed by atoms with Crippen LogP contribution in [-0.4, -0.2) is 42.2 Å². The molecule has 0 amide bonds. The van der Waals surface area contributed by atoms with Crippen LogP contribution in [0.2, 0.25) is 0 Å². The van der Waals surface area contributed by atoms with Crippen molar-refractivity contribution in [3.8, 4) is 5.75 Å². The van der Waals surface area contributed by atoms with E-state index in [2.05, 4.69) is 74.9 Å². The molecule has 1 aliphatic rings. The first kappa shape index (κ1) is 29.9. The van der Waals surface area contributed by atoms with E-state index in [4.69, 9.17) is 5.73 Å². The zero-order chi connectivity index (χ0) is 29.4. The Bertz CT molecular complexity index is 1430. The van der Waals surface area contributed by atoms with E-state index in [9.17, 15) is 13.2 Å². The Morgan fingerprint density at radius 3 is 2.44 bits per heavy atom. The predicted molar refractivity (Wildman–Crippen MR) is 163 cm³/mol. The van der Waals surface area contributed by atoms with Gasteiger partial charge in [0.15, 0.2) is 5.17 Å². The second kappa shape index (κ2) is 13.5. The second-order valence-electron chi connectivity index (χ2n) is 9.79. The molecule has 0 radical (unpaired) electrons. The summed E-state index contributed by atoms with van der Waals surface area (Å²) in [6, 6.07) is 20.9. The summed E-state index contributed by atoms with van der Waals surface area (Å²) in [6.07, 6.45) is -1.80. The minimum atomic E-state index is -4.74. The number of ether oxygens (including phenoxy) is 1. The molecule has 4 rings (SSSR count). The van der Waals surface area contributed by atoms with E-state index >= 15 is 0 Å². The van der Waals surface area contributed by atoms with Crippen LogP contribution >= 0.6 is 11.8 Å². The van der Waals surface area contributed by atoms with Crippen molar-refractivity contribution in [1.82, 2.24) is 0 Å². The fourth-order valence-corrected chi connectivity index (χ4v) is 5.07. The Hall–Kier alpha value is -4.12. The standard InChI is InChI=1S/C30H31F3N6OS/c1-20(2)26-6-4-5-7-27(26)39-17-21(3)18-41-29(39)38-37-16-22-8-10-23(11-9-22)28(34)36-19-35-24-12-14-25(15-13-24)40-30(31,32)33/h4-16,19-21H,17-18H2,1-3H3,(H2,34,35,36)/b37-16+,38-29-. The molecule has 0 saturated carbocycles. The van der Waals surface area contributed by atoms with Crippen LogP contribution in [0, 0.1) is 5.92 Å². The van der Waals surface area contributed by atoms with Crippen LogP contribution in [0.5, 0.6) is 5.75 Å². The lowest BCUT2D eigenvalue weighted by Crippen LogP contribution is -2.39. The highest BCUT2D eigenvalue weighted by molar-refractivity contribution is 8.14. The van der Waals surface area contributed by atoms with Gasteiger partial charge in [-0.1, -0.05) is 75.0 Å². The van der Waals surface area contributed by atoms with Gasteiger partial charge in [-0.05, 0) is 53.3 Å². The molecule has 1 unspecified atom stereocenters. The molecule has 0 spiro atoms. The quantitative estimate of drug-likeness (QED) is 0.171. The van der Waals surface area contributed by atoms with Crippen molar-refractivity contribution < 1.29 is 17.9 Å². The van der Waals surface area contributed by atoms with Crippen LogP contribution < -0.4 is 15.4 Å². The van der Waals surface area contributed by atoms with Crippen molar-refractivity contribution in [2.24, 2.45) is 31.8 Å². The Morgan fingerprint density at radius 1 is 1.05 bits per heavy atom. The molecule has 0 aromatic heterocycles. The Balaban J connectivity index is 1.40. The minimum absolute atomic E-state index is 0.238. The molecular formula is C30H31F3N6OS. The van der Waals surface area contributed by atoms with Gasteiger partial charge in [-0.25, -0.2) is 9.98 Å². The Labute approximate surface area is 241 Å². The van der Waals surface area contributed by atoms with Crippen molar-refractivity contribution in [3.63, 3.8) is 0 Å². The maximum absolute atomic E-state index is 12.3. The summed E-state index contributed by atoms with van der Waals surface area (Å²) in [7, 11) is 0. The fourth-order valence-electron chi connectivity index (χ4n) is 4.09. The largest absolute Gasteiger partial charge is 0.573 e. The average molecular weight is 581 g/mol. The summed E-state index contributed by atoms with van der Waals surface area (Å²) in [5.74, 6) is 1.83. The summed E-state index contributed by atoms with van der Waals surface area (Å²) in [4.78, 5) is 10.5. The number of halogens is 3. The van der Waals surface area contributed by atoms with Crippen molar-refractivity contribution in [3.05, 3.63) is 89.5 Å². The number of hydrogen-bond acceptors (Lipinski definition) is 5. The van der Waals surface area contributed by atoms with Crippen LogP contribution in [0.4, 0.5) is 24.5 Å². The molecule has 2 N–H and O–H groups in total. The summed E-state index contributed by atoms with van der Waals surface area (Å²) >= 11 is 1.71. The van der Waals surface area contributed by atoms with Crippen molar-refractivity contribution in [2.75, 3.05) is 17.2 Å². The van der Waals surface area contributed by atoms with Gasteiger partial charge in [-0.2, -0.15) is 5.10 Å². The Kier molecular flexibility index (Phi) is 9.82. The third-order valence-corrected chi connectivity index (χ3v) is 7.40. The maximum Gasteiger partial charge on any atom is 0.573 e. The van der Waals surface area contributed by atoms with E-state index in [1.807, 2.05) is 24.3 Å². The number of nitrogens with zero attached hydrogens (tertiary/aromatic N) is 5. The highest BCUT2D eigenvalue weighted by atomic mass is 32.2. The van der Waals surface area contributed by atoms with Gasteiger partial charge in [0.2, 0.25) is 0 Å². The summed E-state index contributed by atoms with van der Waals surface area (Å²) < 4.78 is 40.7. The molecule has 0 aliphatic carbocycles. The number of thioether (sulfide) groups is 1. The van der Waals surface area contributed by atoms with Crippen LogP contribution in [0.3, 0.4) is 0 Å². The number of para-hydroxylation sites is 1. The third kappa shape index (κ3) is 8.68. The number of nitrogens with two attached hydrogens (primary N) is 1. The predicted octanol–water partition coefficient (Wildman–Crippen LogP) is 7.35. The first-order valence-electron chi connectivity index (χ1n) is 13.0. The van der Waals surface area contributed by atoms with Gasteiger partial charge in [-0.15, -0.1) is 18.3 Å². The zero-order valence-electron chi connectivity index (χ0n) is 22.9. The maximum atomic E-state index is 12.3. The molecule has 1 fully saturated rings. The van der Waals surface area contributed by atoms with Crippen molar-refractivity contribution in [1.29, 1.82) is 0 Å². The van der Waals surface area contributed by atoms with Gasteiger partial charge in [0.05, 0.1) is 11.9 Å². The molecule has 1 atom stereocenters. The highest BCUT2D eigenvalue weighted by Crippen LogP contribution is 2.33. The SMILES string of the molecule is CC1CS/C(=N\N=C\c2ccc(C(N)=NC=Nc3ccc(OC(F)(F)F)cc3)cc2)N(c2ccccc2C(C)C)C1. The van der Waals surface area contributed by atoms with E-state index in [0.717, 1.165) is 23.0 Å². The van der Waals surface area contributed by atoms with Crippen LogP contribution in [0.25, 0.3) is 0 Å². The van der Waals surface area contributed by atoms with E-state index < -0.39 is 6.36 Å².